The zero-order valence-electron chi connectivity index (χ0n) is 15.9. The number of nitrogens with zero attached hydrogens (tertiary/aromatic N) is 2. The maximum absolute atomic E-state index is 13.2. The van der Waals surface area contributed by atoms with E-state index in [-0.39, 0.29) is 48.1 Å². The van der Waals surface area contributed by atoms with Crippen LogP contribution in [-0.2, 0) is 14.4 Å². The molecule has 140 valence electrons. The molecule has 0 aromatic heterocycles. The van der Waals surface area contributed by atoms with E-state index >= 15 is 0 Å². The Labute approximate surface area is 159 Å². The topological polar surface area (TPSA) is 57.7 Å². The van der Waals surface area contributed by atoms with Crippen molar-refractivity contribution in [2.75, 3.05) is 11.6 Å². The molecule has 27 heavy (non-hydrogen) atoms. The summed E-state index contributed by atoms with van der Waals surface area (Å²) in [7, 11) is 0. The molecule has 4 aliphatic carbocycles. The Bertz CT molecular complexity index is 869. The van der Waals surface area contributed by atoms with Crippen LogP contribution in [0.15, 0.2) is 30.4 Å². The van der Waals surface area contributed by atoms with Crippen LogP contribution in [0.25, 0.3) is 0 Å². The van der Waals surface area contributed by atoms with Crippen molar-refractivity contribution in [1.82, 2.24) is 4.90 Å². The molecule has 3 amide bonds. The van der Waals surface area contributed by atoms with Gasteiger partial charge in [-0.25, -0.2) is 0 Å². The number of hydrogen-bond acceptors (Lipinski definition) is 3. The van der Waals surface area contributed by atoms with E-state index in [2.05, 4.69) is 12.2 Å². The van der Waals surface area contributed by atoms with Gasteiger partial charge in [-0.1, -0.05) is 29.8 Å². The molecular formula is C22H24N2O3. The summed E-state index contributed by atoms with van der Waals surface area (Å²) in [5.41, 5.74) is 2.83. The molecule has 6 atom stereocenters. The summed E-state index contributed by atoms with van der Waals surface area (Å²) in [6.07, 6.45) is 5.49. The number of carbonyl (C=O) groups is 3. The van der Waals surface area contributed by atoms with Crippen molar-refractivity contribution in [1.29, 1.82) is 0 Å². The van der Waals surface area contributed by atoms with Gasteiger partial charge in [-0.15, -0.1) is 0 Å². The van der Waals surface area contributed by atoms with Gasteiger partial charge in [-0.05, 0) is 55.6 Å². The van der Waals surface area contributed by atoms with Crippen molar-refractivity contribution in [3.05, 3.63) is 41.5 Å². The first-order chi connectivity index (χ1) is 12.9. The lowest BCUT2D eigenvalue weighted by Crippen LogP contribution is -2.44. The molecule has 0 spiro atoms. The summed E-state index contributed by atoms with van der Waals surface area (Å²) in [5.74, 6) is 0.797. The van der Waals surface area contributed by atoms with Gasteiger partial charge in [-0.2, -0.15) is 0 Å². The summed E-state index contributed by atoms with van der Waals surface area (Å²) >= 11 is 0. The number of amides is 3. The second-order valence-electron chi connectivity index (χ2n) is 8.64. The summed E-state index contributed by atoms with van der Waals surface area (Å²) < 4.78 is 0. The van der Waals surface area contributed by atoms with Gasteiger partial charge in [-0.3, -0.25) is 24.2 Å². The molecule has 5 nitrogen and oxygen atoms in total. The molecule has 0 unspecified atom stereocenters. The number of allylic oxidation sites excluding steroid dienone is 2. The summed E-state index contributed by atoms with van der Waals surface area (Å²) in [6, 6.07) is 5.85. The fourth-order valence-electron chi connectivity index (χ4n) is 5.75. The highest BCUT2D eigenvalue weighted by molar-refractivity contribution is 6.07. The number of carbonyl (C=O) groups excluding carboxylic acids is 3. The van der Waals surface area contributed by atoms with Crippen LogP contribution in [-0.4, -0.2) is 29.3 Å². The third kappa shape index (κ3) is 2.27. The highest BCUT2D eigenvalue weighted by Gasteiger charge is 2.67. The molecule has 1 aromatic rings. The van der Waals surface area contributed by atoms with E-state index in [1.54, 1.807) is 4.90 Å². The van der Waals surface area contributed by atoms with Crippen LogP contribution in [0.1, 0.15) is 24.5 Å². The first-order valence-corrected chi connectivity index (χ1v) is 9.77. The summed E-state index contributed by atoms with van der Waals surface area (Å²) in [5, 5.41) is 0. The van der Waals surface area contributed by atoms with E-state index in [9.17, 15) is 14.4 Å². The van der Waals surface area contributed by atoms with Crippen molar-refractivity contribution in [3.63, 3.8) is 0 Å². The molecule has 5 heteroatoms. The van der Waals surface area contributed by atoms with Gasteiger partial charge in [0.2, 0.25) is 17.7 Å². The number of hydrogen-bond donors (Lipinski definition) is 0. The number of likely N-dealkylation sites (tertiary alicyclic amines) is 1. The average Bonchev–Trinajstić information content (AvgIpc) is 3.40. The van der Waals surface area contributed by atoms with Crippen molar-refractivity contribution in [2.24, 2.45) is 35.5 Å². The van der Waals surface area contributed by atoms with Crippen LogP contribution in [0.3, 0.4) is 0 Å². The molecule has 1 saturated heterocycles. The number of imide groups is 1. The van der Waals surface area contributed by atoms with Crippen molar-refractivity contribution in [2.45, 2.75) is 27.2 Å². The molecule has 2 bridgehead atoms. The molecule has 0 radical (unpaired) electrons. The van der Waals surface area contributed by atoms with Crippen LogP contribution >= 0.6 is 0 Å². The van der Waals surface area contributed by atoms with E-state index in [4.69, 9.17) is 0 Å². The van der Waals surface area contributed by atoms with E-state index in [0.29, 0.717) is 11.8 Å². The quantitative estimate of drug-likeness (QED) is 0.612. The van der Waals surface area contributed by atoms with Gasteiger partial charge < -0.3 is 0 Å². The standard InChI is InChI=1S/C22H24N2O3/c1-11-4-7-18(12(2)8-11)23(13(3)25)10-24-21(26)19-14-5-6-15(17-9-16(14)17)20(19)22(24)27/h4-8,14-17,19-20H,9-10H2,1-3H3/t14-,15-,16-,17+,19+,20+/m0/s1. The Morgan fingerprint density at radius 3 is 2.19 bits per heavy atom. The highest BCUT2D eigenvalue weighted by atomic mass is 16.2. The average molecular weight is 364 g/mol. The maximum Gasteiger partial charge on any atom is 0.235 e. The number of anilines is 1. The molecule has 0 N–H and O–H groups in total. The van der Waals surface area contributed by atoms with Crippen molar-refractivity contribution < 1.29 is 14.4 Å². The lowest BCUT2D eigenvalue weighted by atomic mass is 9.63. The van der Waals surface area contributed by atoms with Crippen LogP contribution in [0, 0.1) is 49.4 Å². The lowest BCUT2D eigenvalue weighted by Gasteiger charge is -2.37. The largest absolute Gasteiger partial charge is 0.294 e. The molecule has 3 fully saturated rings. The first-order valence-electron chi connectivity index (χ1n) is 9.77. The maximum atomic E-state index is 13.2. The third-order valence-electron chi connectivity index (χ3n) is 7.06. The second kappa shape index (κ2) is 5.54. The Hall–Kier alpha value is -2.43. The van der Waals surface area contributed by atoms with Gasteiger partial charge in [0, 0.05) is 12.6 Å². The lowest BCUT2D eigenvalue weighted by molar-refractivity contribution is -0.140. The first kappa shape index (κ1) is 16.7. The predicted octanol–water partition coefficient (Wildman–Crippen LogP) is 2.67. The monoisotopic (exact) mass is 364 g/mol. The van der Waals surface area contributed by atoms with Crippen LogP contribution in [0.4, 0.5) is 5.69 Å². The van der Waals surface area contributed by atoms with Crippen LogP contribution in [0.2, 0.25) is 0 Å². The molecule has 1 heterocycles. The number of rotatable bonds is 3. The molecular weight excluding hydrogens is 340 g/mol. The van der Waals surface area contributed by atoms with Crippen molar-refractivity contribution in [3.8, 4) is 0 Å². The second-order valence-corrected chi connectivity index (χ2v) is 8.64. The molecule has 2 saturated carbocycles. The predicted molar refractivity (Wildman–Crippen MR) is 100 cm³/mol. The summed E-state index contributed by atoms with van der Waals surface area (Å²) in [6.45, 7) is 5.45. The fourth-order valence-corrected chi connectivity index (χ4v) is 5.75. The summed E-state index contributed by atoms with van der Waals surface area (Å²) in [4.78, 5) is 41.6. The normalized spacial score (nSPS) is 35.3. The Morgan fingerprint density at radius 2 is 1.67 bits per heavy atom. The van der Waals surface area contributed by atoms with Crippen LogP contribution in [0.5, 0.6) is 0 Å². The zero-order valence-corrected chi connectivity index (χ0v) is 15.9. The van der Waals surface area contributed by atoms with Gasteiger partial charge in [0.15, 0.2) is 0 Å². The Balaban J connectivity index is 1.45. The Kier molecular flexibility index (Phi) is 3.43. The van der Waals surface area contributed by atoms with Crippen LogP contribution < -0.4 is 4.90 Å². The third-order valence-corrected chi connectivity index (χ3v) is 7.06. The van der Waals surface area contributed by atoms with Crippen molar-refractivity contribution >= 4 is 23.4 Å². The minimum Gasteiger partial charge on any atom is -0.294 e. The Morgan fingerprint density at radius 1 is 1.07 bits per heavy atom. The number of aryl methyl sites for hydroxylation is 2. The number of benzene rings is 1. The minimum atomic E-state index is -0.218. The minimum absolute atomic E-state index is 0.0126. The molecule has 1 aromatic carbocycles. The van der Waals surface area contributed by atoms with E-state index in [0.717, 1.165) is 23.2 Å². The van der Waals surface area contributed by atoms with E-state index in [1.807, 2.05) is 32.0 Å². The molecule has 6 rings (SSSR count). The van der Waals surface area contributed by atoms with E-state index < -0.39 is 0 Å². The highest BCUT2D eigenvalue weighted by Crippen LogP contribution is 2.65. The fraction of sp³-hybridized carbons (Fsp3) is 0.500. The van der Waals surface area contributed by atoms with E-state index in [1.165, 1.54) is 11.8 Å². The van der Waals surface area contributed by atoms with Gasteiger partial charge in [0.05, 0.1) is 11.8 Å². The SMILES string of the molecule is CC(=O)N(CN1C(=O)[C@@H]2[C@H]3C=C[C@@H]([C@@H]4C[C@H]34)[C@H]2C1=O)c1ccc(C)cc1C. The molecule has 5 aliphatic rings. The zero-order chi connectivity index (χ0) is 19.0. The molecule has 1 aliphatic heterocycles. The smallest absolute Gasteiger partial charge is 0.235 e. The van der Waals surface area contributed by atoms with Gasteiger partial charge in [0.1, 0.15) is 6.67 Å². The van der Waals surface area contributed by atoms with Gasteiger partial charge in [0.25, 0.3) is 0 Å². The van der Waals surface area contributed by atoms with Gasteiger partial charge >= 0.3 is 0 Å².